The van der Waals surface area contributed by atoms with Gasteiger partial charge in [0.15, 0.2) is 0 Å². The van der Waals surface area contributed by atoms with Gasteiger partial charge in [-0.25, -0.2) is 4.98 Å². The van der Waals surface area contributed by atoms with Crippen molar-refractivity contribution in [3.63, 3.8) is 0 Å². The van der Waals surface area contributed by atoms with Crippen LogP contribution in [0.2, 0.25) is 0 Å². The third-order valence-electron chi connectivity index (χ3n) is 7.29. The van der Waals surface area contributed by atoms with Gasteiger partial charge in [-0.1, -0.05) is 52.2 Å². The third kappa shape index (κ3) is 4.37. The van der Waals surface area contributed by atoms with Crippen LogP contribution in [0.4, 0.5) is 0 Å². The zero-order valence-corrected chi connectivity index (χ0v) is 20.7. The molecule has 0 bridgehead atoms. The van der Waals surface area contributed by atoms with Gasteiger partial charge in [-0.15, -0.1) is 11.3 Å². The number of hydrogen-bond donors (Lipinski definition) is 0. The van der Waals surface area contributed by atoms with Crippen molar-refractivity contribution < 1.29 is 4.79 Å². The first kappa shape index (κ1) is 22.3. The van der Waals surface area contributed by atoms with Gasteiger partial charge in [0.1, 0.15) is 4.83 Å². The number of carbonyl (C=O) groups excluding carboxylic acids is 1. The largest absolute Gasteiger partial charge is 0.333 e. The van der Waals surface area contributed by atoms with E-state index in [2.05, 4.69) is 37.9 Å². The van der Waals surface area contributed by atoms with Crippen molar-refractivity contribution in [3.8, 4) is 0 Å². The van der Waals surface area contributed by atoms with Gasteiger partial charge < -0.3 is 4.90 Å². The summed E-state index contributed by atoms with van der Waals surface area (Å²) in [7, 11) is 0. The Morgan fingerprint density at radius 3 is 2.55 bits per heavy atom. The molecule has 0 spiro atoms. The number of aromatic nitrogens is 2. The Kier molecular flexibility index (Phi) is 5.89. The summed E-state index contributed by atoms with van der Waals surface area (Å²) in [4.78, 5) is 35.0. The minimum atomic E-state index is 0.0567. The Balaban J connectivity index is 1.37. The topological polar surface area (TPSA) is 55.2 Å². The zero-order valence-electron chi connectivity index (χ0n) is 19.9. The van der Waals surface area contributed by atoms with Crippen LogP contribution in [0.5, 0.6) is 0 Å². The summed E-state index contributed by atoms with van der Waals surface area (Å²) in [5, 5.41) is 0.787. The van der Waals surface area contributed by atoms with Gasteiger partial charge in [0.05, 0.1) is 18.3 Å². The minimum Gasteiger partial charge on any atom is -0.333 e. The van der Waals surface area contributed by atoms with Crippen molar-refractivity contribution in [2.24, 2.45) is 5.92 Å². The van der Waals surface area contributed by atoms with Crippen LogP contribution in [0.15, 0.2) is 35.4 Å². The highest BCUT2D eigenvalue weighted by atomic mass is 32.1. The molecule has 0 unspecified atom stereocenters. The van der Waals surface area contributed by atoms with Gasteiger partial charge in [-0.2, -0.15) is 0 Å². The fraction of sp³-hybridized carbons (Fsp3) is 0.519. The van der Waals surface area contributed by atoms with Gasteiger partial charge in [-0.05, 0) is 53.9 Å². The number of amides is 1. The predicted octanol–water partition coefficient (Wildman–Crippen LogP) is 5.53. The molecule has 0 saturated heterocycles. The number of carbonyl (C=O) groups is 1. The Morgan fingerprint density at radius 1 is 1.12 bits per heavy atom. The lowest BCUT2D eigenvalue weighted by Gasteiger charge is -2.27. The molecule has 2 aromatic heterocycles. The van der Waals surface area contributed by atoms with Crippen LogP contribution < -0.4 is 5.56 Å². The maximum Gasteiger partial charge on any atom is 0.262 e. The van der Waals surface area contributed by atoms with E-state index in [0.29, 0.717) is 25.4 Å². The second-order valence-electron chi connectivity index (χ2n) is 10.7. The molecule has 174 valence electrons. The second kappa shape index (κ2) is 8.71. The average Bonchev–Trinajstić information content (AvgIpc) is 3.19. The highest BCUT2D eigenvalue weighted by Crippen LogP contribution is 2.33. The SMILES string of the molecule is CC(C)(C)c1ccc(C(=O)N2CCc3c(sc4ncn(CC5CCCCC5)c(=O)c34)C2)cc1. The van der Waals surface area contributed by atoms with E-state index in [-0.39, 0.29) is 16.9 Å². The summed E-state index contributed by atoms with van der Waals surface area (Å²) in [6, 6.07) is 7.99. The normalized spacial score (nSPS) is 17.4. The second-order valence-corrected chi connectivity index (χ2v) is 11.8. The van der Waals surface area contributed by atoms with Crippen molar-refractivity contribution >= 4 is 27.5 Å². The molecule has 0 radical (unpaired) electrons. The standard InChI is InChI=1S/C27H33N3O2S/c1-27(2,3)20-11-9-19(10-12-20)25(31)29-14-13-21-22(16-29)33-24-23(21)26(32)30(17-28-24)15-18-7-5-4-6-8-18/h9-12,17-18H,4-8,13-16H2,1-3H3. The summed E-state index contributed by atoms with van der Waals surface area (Å²) in [5.74, 6) is 0.643. The van der Waals surface area contributed by atoms with Gasteiger partial charge in [-0.3, -0.25) is 14.2 Å². The van der Waals surface area contributed by atoms with Crippen molar-refractivity contribution in [2.75, 3.05) is 6.54 Å². The van der Waals surface area contributed by atoms with Gasteiger partial charge >= 0.3 is 0 Å². The lowest BCUT2D eigenvalue weighted by atomic mass is 9.86. The molecule has 6 heteroatoms. The van der Waals surface area contributed by atoms with E-state index in [4.69, 9.17) is 0 Å². The molecule has 3 aromatic rings. The summed E-state index contributed by atoms with van der Waals surface area (Å²) in [6.07, 6.45) is 8.72. The van der Waals surface area contributed by atoms with Gasteiger partial charge in [0.2, 0.25) is 0 Å². The first-order chi connectivity index (χ1) is 15.8. The average molecular weight is 464 g/mol. The van der Waals surface area contributed by atoms with Crippen molar-refractivity contribution in [2.45, 2.75) is 77.8 Å². The van der Waals surface area contributed by atoms with E-state index in [1.54, 1.807) is 17.7 Å². The lowest BCUT2D eigenvalue weighted by molar-refractivity contribution is 0.0737. The highest BCUT2D eigenvalue weighted by Gasteiger charge is 2.27. The molecule has 1 aliphatic carbocycles. The monoisotopic (exact) mass is 463 g/mol. The highest BCUT2D eigenvalue weighted by molar-refractivity contribution is 7.18. The van der Waals surface area contributed by atoms with Crippen LogP contribution in [0.25, 0.3) is 10.2 Å². The fourth-order valence-corrected chi connectivity index (χ4v) is 6.46. The third-order valence-corrected chi connectivity index (χ3v) is 8.42. The molecule has 1 fully saturated rings. The minimum absolute atomic E-state index is 0.0567. The summed E-state index contributed by atoms with van der Waals surface area (Å²) in [6.45, 7) is 8.49. The fourth-order valence-electron chi connectivity index (χ4n) is 5.27. The van der Waals surface area contributed by atoms with Crippen molar-refractivity contribution in [1.82, 2.24) is 14.5 Å². The number of hydrogen-bond acceptors (Lipinski definition) is 4. The Morgan fingerprint density at radius 2 is 1.85 bits per heavy atom. The van der Waals surface area contributed by atoms with Crippen LogP contribution in [-0.4, -0.2) is 26.9 Å². The molecule has 3 heterocycles. The van der Waals surface area contributed by atoms with Crippen LogP contribution >= 0.6 is 11.3 Å². The number of rotatable bonds is 3. The van der Waals surface area contributed by atoms with Gasteiger partial charge in [0.25, 0.3) is 11.5 Å². The van der Waals surface area contributed by atoms with Gasteiger partial charge in [0, 0.05) is 23.5 Å². The quantitative estimate of drug-likeness (QED) is 0.513. The number of benzene rings is 1. The summed E-state index contributed by atoms with van der Waals surface area (Å²) >= 11 is 1.57. The summed E-state index contributed by atoms with van der Waals surface area (Å²) < 4.78 is 1.83. The Labute approximate surface area is 199 Å². The number of thiophene rings is 1. The van der Waals surface area contributed by atoms with E-state index < -0.39 is 0 Å². The molecule has 1 aliphatic heterocycles. The molecule has 2 aliphatic rings. The Bertz CT molecular complexity index is 1230. The van der Waals surface area contributed by atoms with Crippen LogP contribution in [0, 0.1) is 5.92 Å². The molecule has 5 nitrogen and oxygen atoms in total. The zero-order chi connectivity index (χ0) is 23.2. The van der Waals surface area contributed by atoms with E-state index in [1.165, 1.54) is 37.7 Å². The van der Waals surface area contributed by atoms with E-state index in [9.17, 15) is 9.59 Å². The first-order valence-corrected chi connectivity index (χ1v) is 13.0. The Hall–Kier alpha value is -2.47. The maximum absolute atomic E-state index is 13.3. The van der Waals surface area contributed by atoms with Crippen molar-refractivity contribution in [1.29, 1.82) is 0 Å². The molecular formula is C27H33N3O2S. The van der Waals surface area contributed by atoms with Crippen LogP contribution in [0.3, 0.4) is 0 Å². The molecule has 1 aromatic carbocycles. The van der Waals surface area contributed by atoms with E-state index in [0.717, 1.165) is 32.8 Å². The van der Waals surface area contributed by atoms with Crippen molar-refractivity contribution in [3.05, 3.63) is 62.5 Å². The molecule has 0 atom stereocenters. The molecule has 1 amide bonds. The molecule has 33 heavy (non-hydrogen) atoms. The molecule has 5 rings (SSSR count). The van der Waals surface area contributed by atoms with E-state index in [1.807, 2.05) is 21.6 Å². The molecule has 1 saturated carbocycles. The molecule has 0 N–H and O–H groups in total. The number of fused-ring (bicyclic) bond motifs is 3. The lowest BCUT2D eigenvalue weighted by Crippen LogP contribution is -2.35. The number of nitrogens with zero attached hydrogens (tertiary/aromatic N) is 3. The first-order valence-electron chi connectivity index (χ1n) is 12.2. The van der Waals surface area contributed by atoms with Crippen LogP contribution in [0.1, 0.15) is 79.2 Å². The predicted molar refractivity (Wildman–Crippen MR) is 134 cm³/mol. The summed E-state index contributed by atoms with van der Waals surface area (Å²) in [5.41, 5.74) is 3.22. The van der Waals surface area contributed by atoms with E-state index >= 15 is 0 Å². The molecular weight excluding hydrogens is 430 g/mol. The smallest absolute Gasteiger partial charge is 0.262 e. The maximum atomic E-state index is 13.3. The van der Waals surface area contributed by atoms with Crippen LogP contribution in [-0.2, 0) is 24.9 Å².